The van der Waals surface area contributed by atoms with Crippen LogP contribution in [-0.4, -0.2) is 41.1 Å². The normalized spacial score (nSPS) is 19.6. The minimum Gasteiger partial charge on any atom is -0.465 e. The Bertz CT molecular complexity index is 661. The van der Waals surface area contributed by atoms with E-state index in [4.69, 9.17) is 16.7 Å². The number of hydrazine groups is 1. The highest BCUT2D eigenvalue weighted by Gasteiger charge is 2.27. The third-order valence-corrected chi connectivity index (χ3v) is 4.32. The Morgan fingerprint density at radius 1 is 1.20 bits per heavy atom. The highest BCUT2D eigenvalue weighted by molar-refractivity contribution is 6.29. The van der Waals surface area contributed by atoms with Gasteiger partial charge in [-0.2, -0.15) is 0 Å². The summed E-state index contributed by atoms with van der Waals surface area (Å²) in [6, 6.07) is 1.38. The Labute approximate surface area is 149 Å². The van der Waals surface area contributed by atoms with Crippen LogP contribution < -0.4 is 21.5 Å². The molecule has 0 atom stereocenters. The van der Waals surface area contributed by atoms with Gasteiger partial charge in [0.2, 0.25) is 5.91 Å². The number of hydrogen-bond donors (Lipinski definition) is 5. The molecule has 3 amide bonds. The first-order chi connectivity index (χ1) is 11.9. The van der Waals surface area contributed by atoms with E-state index in [-0.39, 0.29) is 28.6 Å². The van der Waals surface area contributed by atoms with Gasteiger partial charge in [-0.25, -0.2) is 9.78 Å². The number of anilines is 1. The Hall–Kier alpha value is -2.55. The van der Waals surface area contributed by atoms with E-state index >= 15 is 0 Å². The van der Waals surface area contributed by atoms with E-state index in [9.17, 15) is 14.4 Å². The molecule has 9 nitrogen and oxygen atoms in total. The fourth-order valence-corrected chi connectivity index (χ4v) is 2.94. The summed E-state index contributed by atoms with van der Waals surface area (Å²) in [5.41, 5.74) is 5.51. The summed E-state index contributed by atoms with van der Waals surface area (Å²) < 4.78 is 0. The standard InChI is InChI=1S/C15H20ClN5O4/c1-17-11-6-12(16)18-7-10(11)14(23)21-20-13(22)8-2-4-9(5-3-8)19-15(24)25/h6-9,19H,2-5H2,1H3,(H,17,18)(H,20,22)(H,21,23)(H,24,25)/t8-,9-. The Balaban J connectivity index is 1.84. The van der Waals surface area contributed by atoms with E-state index in [1.165, 1.54) is 12.3 Å². The molecule has 1 fully saturated rings. The van der Waals surface area contributed by atoms with E-state index < -0.39 is 12.0 Å². The van der Waals surface area contributed by atoms with Crippen molar-refractivity contribution in [3.8, 4) is 0 Å². The van der Waals surface area contributed by atoms with Gasteiger partial charge in [0.1, 0.15) is 5.15 Å². The van der Waals surface area contributed by atoms with Gasteiger partial charge < -0.3 is 15.7 Å². The van der Waals surface area contributed by atoms with Crippen molar-refractivity contribution in [3.63, 3.8) is 0 Å². The van der Waals surface area contributed by atoms with Gasteiger partial charge in [-0.3, -0.25) is 20.4 Å². The number of carbonyl (C=O) groups excluding carboxylic acids is 2. The lowest BCUT2D eigenvalue weighted by atomic mass is 9.85. The maximum atomic E-state index is 12.2. The lowest BCUT2D eigenvalue weighted by molar-refractivity contribution is -0.126. The number of carbonyl (C=O) groups is 3. The van der Waals surface area contributed by atoms with Crippen LogP contribution in [0.5, 0.6) is 0 Å². The fourth-order valence-electron chi connectivity index (χ4n) is 2.78. The van der Waals surface area contributed by atoms with Crippen molar-refractivity contribution in [2.24, 2.45) is 5.92 Å². The zero-order chi connectivity index (χ0) is 18.4. The van der Waals surface area contributed by atoms with Crippen LogP contribution in [0.2, 0.25) is 5.15 Å². The summed E-state index contributed by atoms with van der Waals surface area (Å²) in [6.07, 6.45) is 2.54. The van der Waals surface area contributed by atoms with Crippen molar-refractivity contribution in [2.45, 2.75) is 31.7 Å². The van der Waals surface area contributed by atoms with E-state index in [0.717, 1.165) is 0 Å². The van der Waals surface area contributed by atoms with Crippen molar-refractivity contribution < 1.29 is 19.5 Å². The topological polar surface area (TPSA) is 132 Å². The third-order valence-electron chi connectivity index (χ3n) is 4.11. The van der Waals surface area contributed by atoms with Crippen LogP contribution in [-0.2, 0) is 4.79 Å². The third kappa shape index (κ3) is 5.21. The van der Waals surface area contributed by atoms with Gasteiger partial charge >= 0.3 is 6.09 Å². The van der Waals surface area contributed by atoms with Gasteiger partial charge in [0, 0.05) is 25.2 Å². The minimum absolute atomic E-state index is 0.130. The molecule has 1 aromatic heterocycles. The molecule has 0 aromatic carbocycles. The number of aromatic nitrogens is 1. The van der Waals surface area contributed by atoms with Crippen LogP contribution >= 0.6 is 11.6 Å². The maximum absolute atomic E-state index is 12.2. The molecule has 2 rings (SSSR count). The number of carboxylic acid groups (broad SMARTS) is 1. The lowest BCUT2D eigenvalue weighted by Crippen LogP contribution is -2.46. The first kappa shape index (κ1) is 18.8. The van der Waals surface area contributed by atoms with Gasteiger partial charge in [0.05, 0.1) is 11.3 Å². The van der Waals surface area contributed by atoms with Gasteiger partial charge in [-0.15, -0.1) is 0 Å². The number of pyridine rings is 1. The average molecular weight is 370 g/mol. The molecule has 1 aliphatic rings. The van der Waals surface area contributed by atoms with E-state index in [1.807, 2.05) is 0 Å². The minimum atomic E-state index is -1.06. The predicted molar refractivity (Wildman–Crippen MR) is 91.3 cm³/mol. The Kier molecular flexibility index (Phi) is 6.40. The number of amides is 3. The molecule has 1 heterocycles. The van der Waals surface area contributed by atoms with Crippen molar-refractivity contribution in [2.75, 3.05) is 12.4 Å². The molecule has 0 aliphatic heterocycles. The molecule has 25 heavy (non-hydrogen) atoms. The molecule has 0 unspecified atom stereocenters. The van der Waals surface area contributed by atoms with E-state index in [2.05, 4.69) is 26.5 Å². The second kappa shape index (κ2) is 8.52. The summed E-state index contributed by atoms with van der Waals surface area (Å²) in [4.78, 5) is 38.8. The molecule has 1 aliphatic carbocycles. The molecule has 1 saturated carbocycles. The van der Waals surface area contributed by atoms with Gasteiger partial charge in [0.25, 0.3) is 5.91 Å². The Morgan fingerprint density at radius 3 is 2.48 bits per heavy atom. The van der Waals surface area contributed by atoms with Crippen LogP contribution in [0.4, 0.5) is 10.5 Å². The fraction of sp³-hybridized carbons (Fsp3) is 0.467. The van der Waals surface area contributed by atoms with Crippen LogP contribution in [0.3, 0.4) is 0 Å². The highest BCUT2D eigenvalue weighted by Crippen LogP contribution is 2.24. The molecular formula is C15H20ClN5O4. The van der Waals surface area contributed by atoms with Crippen molar-refractivity contribution in [1.82, 2.24) is 21.2 Å². The number of halogens is 1. The van der Waals surface area contributed by atoms with Gasteiger partial charge in [-0.1, -0.05) is 11.6 Å². The number of hydrogen-bond acceptors (Lipinski definition) is 5. The monoisotopic (exact) mass is 369 g/mol. The molecule has 1 aromatic rings. The maximum Gasteiger partial charge on any atom is 0.404 e. The second-order valence-corrected chi connectivity index (χ2v) is 6.13. The van der Waals surface area contributed by atoms with Crippen LogP contribution in [0.1, 0.15) is 36.0 Å². The lowest BCUT2D eigenvalue weighted by Gasteiger charge is -2.27. The molecule has 0 saturated heterocycles. The van der Waals surface area contributed by atoms with Crippen LogP contribution in [0, 0.1) is 5.92 Å². The first-order valence-corrected chi connectivity index (χ1v) is 8.21. The second-order valence-electron chi connectivity index (χ2n) is 5.74. The molecule has 0 radical (unpaired) electrons. The van der Waals surface area contributed by atoms with Crippen LogP contribution in [0.25, 0.3) is 0 Å². The molecule has 136 valence electrons. The van der Waals surface area contributed by atoms with Crippen molar-refractivity contribution in [1.29, 1.82) is 0 Å². The molecule has 0 spiro atoms. The summed E-state index contributed by atoms with van der Waals surface area (Å²) in [5, 5.41) is 14.2. The van der Waals surface area contributed by atoms with Gasteiger partial charge in [-0.05, 0) is 31.7 Å². The SMILES string of the molecule is CNc1cc(Cl)ncc1C(=O)NNC(=O)[C@H]1CC[C@H](NC(=O)O)CC1. The molecular weight excluding hydrogens is 350 g/mol. The van der Waals surface area contributed by atoms with E-state index in [0.29, 0.717) is 31.4 Å². The smallest absolute Gasteiger partial charge is 0.404 e. The summed E-state index contributed by atoms with van der Waals surface area (Å²) in [6.45, 7) is 0. The number of nitrogens with one attached hydrogen (secondary N) is 4. The highest BCUT2D eigenvalue weighted by atomic mass is 35.5. The predicted octanol–water partition coefficient (Wildman–Crippen LogP) is 1.36. The van der Waals surface area contributed by atoms with Crippen molar-refractivity contribution >= 4 is 35.2 Å². The summed E-state index contributed by atoms with van der Waals surface area (Å²) in [5.74, 6) is -1.07. The quantitative estimate of drug-likeness (QED) is 0.402. The number of nitrogens with zero attached hydrogens (tertiary/aromatic N) is 1. The first-order valence-electron chi connectivity index (χ1n) is 7.83. The molecule has 5 N–H and O–H groups in total. The summed E-state index contributed by atoms with van der Waals surface area (Å²) in [7, 11) is 1.64. The van der Waals surface area contributed by atoms with Crippen LogP contribution in [0.15, 0.2) is 12.3 Å². The zero-order valence-corrected chi connectivity index (χ0v) is 14.4. The molecule has 0 bridgehead atoms. The average Bonchev–Trinajstić information content (AvgIpc) is 2.59. The summed E-state index contributed by atoms with van der Waals surface area (Å²) >= 11 is 5.78. The zero-order valence-electron chi connectivity index (χ0n) is 13.6. The number of rotatable bonds is 4. The van der Waals surface area contributed by atoms with Crippen molar-refractivity contribution in [3.05, 3.63) is 23.0 Å². The Morgan fingerprint density at radius 2 is 1.88 bits per heavy atom. The largest absolute Gasteiger partial charge is 0.465 e. The van der Waals surface area contributed by atoms with E-state index in [1.54, 1.807) is 7.05 Å². The molecule has 10 heteroatoms. The van der Waals surface area contributed by atoms with Gasteiger partial charge in [0.15, 0.2) is 0 Å².